The number of methoxy groups -OCH3 is 2. The maximum Gasteiger partial charge on any atom is 0.434 e. The summed E-state index contributed by atoms with van der Waals surface area (Å²) >= 11 is 0. The van der Waals surface area contributed by atoms with Crippen LogP contribution in [0.25, 0.3) is 33.8 Å². The first kappa shape index (κ1) is 26.7. The van der Waals surface area contributed by atoms with Gasteiger partial charge in [-0.2, -0.15) is 13.2 Å². The highest BCUT2D eigenvalue weighted by Crippen LogP contribution is 2.45. The van der Waals surface area contributed by atoms with Crippen LogP contribution in [-0.4, -0.2) is 53.5 Å². The lowest BCUT2D eigenvalue weighted by Gasteiger charge is -2.15. The van der Waals surface area contributed by atoms with Crippen molar-refractivity contribution in [2.45, 2.75) is 51.4 Å². The summed E-state index contributed by atoms with van der Waals surface area (Å²) in [4.78, 5) is 22.1. The van der Waals surface area contributed by atoms with Crippen LogP contribution < -0.4 is 9.47 Å². The van der Waals surface area contributed by atoms with E-state index in [1.54, 1.807) is 37.0 Å². The zero-order chi connectivity index (χ0) is 28.9. The number of halogens is 3. The van der Waals surface area contributed by atoms with E-state index in [9.17, 15) is 13.2 Å². The number of alkyl halides is 3. The topological polar surface area (TPSA) is 106 Å². The van der Waals surface area contributed by atoms with E-state index in [-0.39, 0.29) is 11.9 Å². The molecule has 0 amide bonds. The molecule has 4 aromatic heterocycles. The predicted octanol–water partition coefficient (Wildman–Crippen LogP) is 5.69. The van der Waals surface area contributed by atoms with E-state index < -0.39 is 11.9 Å². The Kier molecular flexibility index (Phi) is 6.59. The highest BCUT2D eigenvalue weighted by molar-refractivity contribution is 5.83. The van der Waals surface area contributed by atoms with Gasteiger partial charge in [-0.25, -0.2) is 29.6 Å². The van der Waals surface area contributed by atoms with Crippen molar-refractivity contribution in [3.8, 4) is 34.5 Å². The lowest BCUT2D eigenvalue weighted by molar-refractivity contribution is -0.140. The molecule has 0 aliphatic heterocycles. The van der Waals surface area contributed by atoms with Gasteiger partial charge in [0.15, 0.2) is 17.2 Å². The Morgan fingerprint density at radius 3 is 2.37 bits per heavy atom. The minimum absolute atomic E-state index is 0.258. The monoisotopic (exact) mass is 564 g/mol. The standard InChI is InChI=1S/C28H27F3N8O2/c1-5-38-13-20(28(29,30)31)35-24(38)18-10-6-16(7-11-18)15(2)39-25-19(26(37-39)40-3)12-32-23(36-25)21-22(17-8-9-17)33-14-34-27(21)41-4/h6-7,10-15,17H,5,8-9H2,1-4H3. The first-order chi connectivity index (χ1) is 19.7. The zero-order valence-corrected chi connectivity index (χ0v) is 22.8. The third-order valence-electron chi connectivity index (χ3n) is 7.26. The summed E-state index contributed by atoms with van der Waals surface area (Å²) in [5, 5.41) is 5.29. The van der Waals surface area contributed by atoms with Crippen molar-refractivity contribution in [2.75, 3.05) is 14.2 Å². The Morgan fingerprint density at radius 2 is 1.73 bits per heavy atom. The van der Waals surface area contributed by atoms with Crippen molar-refractivity contribution in [3.63, 3.8) is 0 Å². The number of ether oxygens (including phenoxy) is 2. The number of imidazole rings is 1. The lowest BCUT2D eigenvalue weighted by atomic mass is 10.1. The molecule has 0 saturated heterocycles. The van der Waals surface area contributed by atoms with Gasteiger partial charge in [0, 0.05) is 30.4 Å². The lowest BCUT2D eigenvalue weighted by Crippen LogP contribution is -2.10. The molecule has 41 heavy (non-hydrogen) atoms. The van der Waals surface area contributed by atoms with Crippen molar-refractivity contribution in [2.24, 2.45) is 0 Å². The molecule has 212 valence electrons. The van der Waals surface area contributed by atoms with Crippen molar-refractivity contribution in [1.82, 2.24) is 39.3 Å². The van der Waals surface area contributed by atoms with Gasteiger partial charge in [-0.15, -0.1) is 5.10 Å². The molecule has 13 heteroatoms. The van der Waals surface area contributed by atoms with Crippen LogP contribution in [0.4, 0.5) is 13.2 Å². The van der Waals surface area contributed by atoms with Gasteiger partial charge in [0.2, 0.25) is 11.8 Å². The highest BCUT2D eigenvalue weighted by Gasteiger charge is 2.35. The number of aromatic nitrogens is 8. The van der Waals surface area contributed by atoms with Crippen LogP contribution in [0.5, 0.6) is 11.8 Å². The van der Waals surface area contributed by atoms with Crippen molar-refractivity contribution in [1.29, 1.82) is 0 Å². The van der Waals surface area contributed by atoms with Gasteiger partial charge in [0.25, 0.3) is 0 Å². The summed E-state index contributed by atoms with van der Waals surface area (Å²) < 4.78 is 54.1. The maximum absolute atomic E-state index is 13.3. The molecule has 1 aliphatic carbocycles. The van der Waals surface area contributed by atoms with Gasteiger partial charge in [0.05, 0.1) is 26.0 Å². The predicted molar refractivity (Wildman–Crippen MR) is 144 cm³/mol. The van der Waals surface area contributed by atoms with Gasteiger partial charge in [-0.3, -0.25) is 0 Å². The quantitative estimate of drug-likeness (QED) is 0.237. The molecule has 1 fully saturated rings. The first-order valence-electron chi connectivity index (χ1n) is 13.2. The molecule has 0 spiro atoms. The number of hydrogen-bond donors (Lipinski definition) is 0. The van der Waals surface area contributed by atoms with Crippen molar-refractivity contribution < 1.29 is 22.6 Å². The Bertz CT molecular complexity index is 1730. The fraction of sp³-hybridized carbons (Fsp3) is 0.357. The minimum Gasteiger partial charge on any atom is -0.480 e. The molecule has 0 N–H and O–H groups in total. The smallest absolute Gasteiger partial charge is 0.434 e. The fourth-order valence-corrected chi connectivity index (χ4v) is 4.93. The third kappa shape index (κ3) is 4.74. The van der Waals surface area contributed by atoms with E-state index in [2.05, 4.69) is 25.0 Å². The van der Waals surface area contributed by atoms with Crippen LogP contribution in [0.2, 0.25) is 0 Å². The van der Waals surface area contributed by atoms with E-state index in [1.807, 2.05) is 19.1 Å². The molecule has 4 heterocycles. The van der Waals surface area contributed by atoms with Crippen molar-refractivity contribution in [3.05, 3.63) is 59.9 Å². The number of hydrogen-bond acceptors (Lipinski definition) is 8. The molecule has 1 unspecified atom stereocenters. The number of benzene rings is 1. The molecule has 1 atom stereocenters. The molecule has 10 nitrogen and oxygen atoms in total. The summed E-state index contributed by atoms with van der Waals surface area (Å²) in [5.41, 5.74) is 2.60. The minimum atomic E-state index is -4.51. The number of rotatable bonds is 8. The summed E-state index contributed by atoms with van der Waals surface area (Å²) in [7, 11) is 3.08. The molecule has 0 radical (unpaired) electrons. The second kappa shape index (κ2) is 10.1. The van der Waals surface area contributed by atoms with E-state index >= 15 is 0 Å². The van der Waals surface area contributed by atoms with Gasteiger partial charge >= 0.3 is 6.18 Å². The van der Waals surface area contributed by atoms with E-state index in [0.29, 0.717) is 52.2 Å². The molecule has 1 saturated carbocycles. The summed E-state index contributed by atoms with van der Waals surface area (Å²) in [6, 6.07) is 6.93. The molecule has 1 aliphatic rings. The number of aryl methyl sites for hydroxylation is 1. The van der Waals surface area contributed by atoms with Gasteiger partial charge < -0.3 is 14.0 Å². The molecule has 0 bridgehead atoms. The van der Waals surface area contributed by atoms with Crippen molar-refractivity contribution >= 4 is 11.0 Å². The highest BCUT2D eigenvalue weighted by atomic mass is 19.4. The van der Waals surface area contributed by atoms with Crippen LogP contribution in [0, 0.1) is 0 Å². The Morgan fingerprint density at radius 1 is 1.00 bits per heavy atom. The Hall–Kier alpha value is -4.55. The van der Waals surface area contributed by atoms with Crippen LogP contribution in [0.3, 0.4) is 0 Å². The maximum atomic E-state index is 13.3. The molecule has 5 aromatic rings. The summed E-state index contributed by atoms with van der Waals surface area (Å²) in [6.45, 7) is 4.09. The molecular weight excluding hydrogens is 537 g/mol. The average Bonchev–Trinajstić information content (AvgIpc) is 3.62. The second-order valence-corrected chi connectivity index (χ2v) is 9.83. The van der Waals surface area contributed by atoms with Crippen LogP contribution >= 0.6 is 0 Å². The Labute approximate surface area is 233 Å². The van der Waals surface area contributed by atoms with Gasteiger partial charge in [-0.05, 0) is 32.3 Å². The van der Waals surface area contributed by atoms with Gasteiger partial charge in [0.1, 0.15) is 23.1 Å². The van der Waals surface area contributed by atoms with E-state index in [0.717, 1.165) is 30.3 Å². The van der Waals surface area contributed by atoms with Crippen LogP contribution in [0.15, 0.2) is 43.0 Å². The number of nitrogens with zero attached hydrogens (tertiary/aromatic N) is 8. The third-order valence-corrected chi connectivity index (χ3v) is 7.26. The average molecular weight is 565 g/mol. The van der Waals surface area contributed by atoms with Crippen LogP contribution in [-0.2, 0) is 12.7 Å². The fourth-order valence-electron chi connectivity index (χ4n) is 4.93. The SMILES string of the molecule is CCn1cc(C(F)(F)F)nc1-c1ccc(C(C)n2nc(OC)c3cnc(-c4c(OC)ncnc4C4CC4)nc32)cc1. The Balaban J connectivity index is 1.39. The normalized spacial score (nSPS) is 14.4. The van der Waals surface area contributed by atoms with E-state index in [4.69, 9.17) is 14.5 Å². The molecule has 6 rings (SSSR count). The second-order valence-electron chi connectivity index (χ2n) is 9.83. The summed E-state index contributed by atoms with van der Waals surface area (Å²) in [6.07, 6.45) is 1.74. The van der Waals surface area contributed by atoms with Crippen LogP contribution in [0.1, 0.15) is 55.6 Å². The largest absolute Gasteiger partial charge is 0.480 e. The molecular formula is C28H27F3N8O2. The summed E-state index contributed by atoms with van der Waals surface area (Å²) in [5.74, 6) is 1.78. The zero-order valence-electron chi connectivity index (χ0n) is 22.8. The van der Waals surface area contributed by atoms with E-state index in [1.165, 1.54) is 18.0 Å². The van der Waals surface area contributed by atoms with Gasteiger partial charge in [-0.1, -0.05) is 24.3 Å². The molecule has 1 aromatic carbocycles. The first-order valence-corrected chi connectivity index (χ1v) is 13.2. The number of fused-ring (bicyclic) bond motifs is 1.